The van der Waals surface area contributed by atoms with Crippen molar-refractivity contribution >= 4 is 11.7 Å². The highest BCUT2D eigenvalue weighted by Gasteiger charge is 2.21. The SMILES string of the molecule is COCCOCc1cccc(NC(=O)N2CCN(Cc3ccccc3)CC2)c1. The summed E-state index contributed by atoms with van der Waals surface area (Å²) in [5.74, 6) is 0. The predicted octanol–water partition coefficient (Wildman–Crippen LogP) is 3.20. The first kappa shape index (κ1) is 20.3. The highest BCUT2D eigenvalue weighted by molar-refractivity contribution is 5.89. The van der Waals surface area contributed by atoms with Crippen molar-refractivity contribution in [3.63, 3.8) is 0 Å². The number of ether oxygens (including phenoxy) is 2. The lowest BCUT2D eigenvalue weighted by Crippen LogP contribution is -2.49. The first-order chi connectivity index (χ1) is 13.7. The Kier molecular flexibility index (Phi) is 7.84. The Hall–Kier alpha value is -2.41. The second kappa shape index (κ2) is 10.8. The van der Waals surface area contributed by atoms with E-state index < -0.39 is 0 Å². The second-order valence-electron chi connectivity index (χ2n) is 6.92. The van der Waals surface area contributed by atoms with Gasteiger partial charge in [0.15, 0.2) is 0 Å². The summed E-state index contributed by atoms with van der Waals surface area (Å²) in [5.41, 5.74) is 3.14. The number of nitrogens with one attached hydrogen (secondary N) is 1. The van der Waals surface area contributed by atoms with Gasteiger partial charge in [-0.25, -0.2) is 4.79 Å². The average Bonchev–Trinajstić information content (AvgIpc) is 2.73. The van der Waals surface area contributed by atoms with Crippen LogP contribution in [0.3, 0.4) is 0 Å². The van der Waals surface area contributed by atoms with E-state index in [1.807, 2.05) is 35.2 Å². The van der Waals surface area contributed by atoms with Gasteiger partial charge < -0.3 is 19.7 Å². The minimum absolute atomic E-state index is 0.0446. The van der Waals surface area contributed by atoms with Crippen LogP contribution in [0.15, 0.2) is 54.6 Å². The molecule has 1 aliphatic heterocycles. The maximum atomic E-state index is 12.6. The monoisotopic (exact) mass is 383 g/mol. The second-order valence-corrected chi connectivity index (χ2v) is 6.92. The molecular weight excluding hydrogens is 354 g/mol. The van der Waals surface area contributed by atoms with Crippen molar-refractivity contribution in [3.8, 4) is 0 Å². The summed E-state index contributed by atoms with van der Waals surface area (Å²) < 4.78 is 10.5. The molecular formula is C22H29N3O3. The number of rotatable bonds is 8. The van der Waals surface area contributed by atoms with Gasteiger partial charge in [0.05, 0.1) is 19.8 Å². The van der Waals surface area contributed by atoms with Gasteiger partial charge in [-0.3, -0.25) is 4.90 Å². The molecule has 1 fully saturated rings. The number of piperazine rings is 1. The fourth-order valence-corrected chi connectivity index (χ4v) is 3.22. The van der Waals surface area contributed by atoms with Crippen LogP contribution in [0, 0.1) is 0 Å². The normalized spacial score (nSPS) is 14.8. The summed E-state index contributed by atoms with van der Waals surface area (Å²) in [6.07, 6.45) is 0. The van der Waals surface area contributed by atoms with Gasteiger partial charge in [-0.05, 0) is 23.3 Å². The summed E-state index contributed by atoms with van der Waals surface area (Å²) in [7, 11) is 1.65. The van der Waals surface area contributed by atoms with Crippen LogP contribution in [0.4, 0.5) is 10.5 Å². The quantitative estimate of drug-likeness (QED) is 0.712. The van der Waals surface area contributed by atoms with E-state index >= 15 is 0 Å². The fourth-order valence-electron chi connectivity index (χ4n) is 3.22. The Balaban J connectivity index is 1.44. The minimum atomic E-state index is -0.0446. The molecule has 3 rings (SSSR count). The van der Waals surface area contributed by atoms with Crippen molar-refractivity contribution < 1.29 is 14.3 Å². The number of urea groups is 1. The third-order valence-electron chi connectivity index (χ3n) is 4.79. The molecule has 0 atom stereocenters. The molecule has 1 N–H and O–H groups in total. The molecule has 0 saturated carbocycles. The van der Waals surface area contributed by atoms with Crippen molar-refractivity contribution in [2.24, 2.45) is 0 Å². The highest BCUT2D eigenvalue weighted by atomic mass is 16.5. The topological polar surface area (TPSA) is 54.0 Å². The van der Waals surface area contributed by atoms with Crippen molar-refractivity contribution in [2.45, 2.75) is 13.2 Å². The molecule has 2 aromatic carbocycles. The lowest BCUT2D eigenvalue weighted by atomic mass is 10.2. The first-order valence-electron chi connectivity index (χ1n) is 9.72. The van der Waals surface area contributed by atoms with Crippen LogP contribution in [0.1, 0.15) is 11.1 Å². The summed E-state index contributed by atoms with van der Waals surface area (Å²) >= 11 is 0. The molecule has 1 heterocycles. The Morgan fingerprint density at radius 2 is 1.71 bits per heavy atom. The zero-order valence-electron chi connectivity index (χ0n) is 16.5. The predicted molar refractivity (Wildman–Crippen MR) is 110 cm³/mol. The van der Waals surface area contributed by atoms with E-state index in [1.165, 1.54) is 5.56 Å². The number of methoxy groups -OCH3 is 1. The van der Waals surface area contributed by atoms with Crippen molar-refractivity contribution in [1.82, 2.24) is 9.80 Å². The molecule has 1 saturated heterocycles. The van der Waals surface area contributed by atoms with Crippen LogP contribution in [0.2, 0.25) is 0 Å². The average molecular weight is 383 g/mol. The van der Waals surface area contributed by atoms with Gasteiger partial charge in [0.25, 0.3) is 0 Å². The largest absolute Gasteiger partial charge is 0.382 e. The molecule has 0 spiro atoms. The van der Waals surface area contributed by atoms with Crippen LogP contribution in [-0.2, 0) is 22.6 Å². The fraction of sp³-hybridized carbons (Fsp3) is 0.409. The first-order valence-corrected chi connectivity index (χ1v) is 9.72. The number of hydrogen-bond donors (Lipinski definition) is 1. The van der Waals surface area contributed by atoms with E-state index in [0.717, 1.165) is 44.0 Å². The van der Waals surface area contributed by atoms with E-state index in [2.05, 4.69) is 34.5 Å². The standard InChI is InChI=1S/C22H29N3O3/c1-27-14-15-28-18-20-8-5-9-21(16-20)23-22(26)25-12-10-24(11-13-25)17-19-6-3-2-4-7-19/h2-9,16H,10-15,17-18H2,1H3,(H,23,26). The minimum Gasteiger partial charge on any atom is -0.382 e. The number of carbonyl (C=O) groups excluding carboxylic acids is 1. The number of nitrogens with zero attached hydrogens (tertiary/aromatic N) is 2. The maximum absolute atomic E-state index is 12.6. The lowest BCUT2D eigenvalue weighted by molar-refractivity contribution is 0.0617. The van der Waals surface area contributed by atoms with Gasteiger partial charge in [0, 0.05) is 45.5 Å². The van der Waals surface area contributed by atoms with Crippen LogP contribution in [0.25, 0.3) is 0 Å². The molecule has 0 radical (unpaired) electrons. The number of amides is 2. The summed E-state index contributed by atoms with van der Waals surface area (Å²) in [6.45, 7) is 5.81. The van der Waals surface area contributed by atoms with Gasteiger partial charge in [-0.15, -0.1) is 0 Å². The van der Waals surface area contributed by atoms with Crippen molar-refractivity contribution in [2.75, 3.05) is 51.8 Å². The van der Waals surface area contributed by atoms with Gasteiger partial charge in [-0.2, -0.15) is 0 Å². The number of benzene rings is 2. The van der Waals surface area contributed by atoms with E-state index in [0.29, 0.717) is 19.8 Å². The van der Waals surface area contributed by atoms with Crippen molar-refractivity contribution in [1.29, 1.82) is 0 Å². The Labute approximate surface area is 167 Å². The summed E-state index contributed by atoms with van der Waals surface area (Å²) in [6, 6.07) is 18.2. The van der Waals surface area contributed by atoms with Gasteiger partial charge in [0.1, 0.15) is 0 Å². The summed E-state index contributed by atoms with van der Waals surface area (Å²) in [4.78, 5) is 16.9. The van der Waals surface area contributed by atoms with Crippen LogP contribution < -0.4 is 5.32 Å². The number of anilines is 1. The highest BCUT2D eigenvalue weighted by Crippen LogP contribution is 2.14. The molecule has 2 amide bonds. The van der Waals surface area contributed by atoms with Gasteiger partial charge in [-0.1, -0.05) is 42.5 Å². The Bertz CT molecular complexity index is 731. The summed E-state index contributed by atoms with van der Waals surface area (Å²) in [5, 5.41) is 3.01. The van der Waals surface area contributed by atoms with Crippen LogP contribution in [-0.4, -0.2) is 62.3 Å². The third kappa shape index (κ3) is 6.34. The lowest BCUT2D eigenvalue weighted by Gasteiger charge is -2.34. The molecule has 0 aromatic heterocycles. The molecule has 6 nitrogen and oxygen atoms in total. The van der Waals surface area contributed by atoms with Crippen LogP contribution in [0.5, 0.6) is 0 Å². The van der Waals surface area contributed by atoms with Crippen molar-refractivity contribution in [3.05, 3.63) is 65.7 Å². The molecule has 1 aliphatic rings. The van der Waals surface area contributed by atoms with E-state index in [-0.39, 0.29) is 6.03 Å². The van der Waals surface area contributed by atoms with Crippen LogP contribution >= 0.6 is 0 Å². The molecule has 2 aromatic rings. The zero-order valence-corrected chi connectivity index (χ0v) is 16.5. The molecule has 6 heteroatoms. The van der Waals surface area contributed by atoms with E-state index in [1.54, 1.807) is 7.11 Å². The number of carbonyl (C=O) groups is 1. The molecule has 28 heavy (non-hydrogen) atoms. The third-order valence-corrected chi connectivity index (χ3v) is 4.79. The molecule has 0 bridgehead atoms. The van der Waals surface area contributed by atoms with Gasteiger partial charge in [0.2, 0.25) is 0 Å². The molecule has 0 unspecified atom stereocenters. The Morgan fingerprint density at radius 3 is 2.46 bits per heavy atom. The maximum Gasteiger partial charge on any atom is 0.321 e. The smallest absolute Gasteiger partial charge is 0.321 e. The van der Waals surface area contributed by atoms with E-state index in [4.69, 9.17) is 9.47 Å². The zero-order chi connectivity index (χ0) is 19.6. The molecule has 150 valence electrons. The molecule has 0 aliphatic carbocycles. The van der Waals surface area contributed by atoms with Gasteiger partial charge >= 0.3 is 6.03 Å². The van der Waals surface area contributed by atoms with E-state index in [9.17, 15) is 4.79 Å². The number of hydrogen-bond acceptors (Lipinski definition) is 4. The Morgan fingerprint density at radius 1 is 0.964 bits per heavy atom.